The fourth-order valence-electron chi connectivity index (χ4n) is 6.12. The molecule has 36 heavy (non-hydrogen) atoms. The molecule has 3 nitrogen and oxygen atoms in total. The minimum absolute atomic E-state index is 0.0952. The zero-order valence-electron chi connectivity index (χ0n) is 21.3. The third-order valence-corrected chi connectivity index (χ3v) is 8.10. The van der Waals surface area contributed by atoms with Crippen LogP contribution in [0.4, 0.5) is 10.1 Å². The van der Waals surface area contributed by atoms with Crippen molar-refractivity contribution in [3.05, 3.63) is 101 Å². The number of carbonyl (C=O) groups is 1. The lowest BCUT2D eigenvalue weighted by atomic mass is 9.81. The van der Waals surface area contributed by atoms with E-state index in [1.165, 1.54) is 49.3 Å². The molecule has 3 atom stereocenters. The van der Waals surface area contributed by atoms with Gasteiger partial charge in [-0.3, -0.25) is 4.79 Å². The number of hydrogen-bond acceptors (Lipinski definition) is 3. The van der Waals surface area contributed by atoms with Gasteiger partial charge in [0.2, 0.25) is 0 Å². The largest absolute Gasteiger partial charge is 0.367 e. The summed E-state index contributed by atoms with van der Waals surface area (Å²) in [5, 5.41) is 0. The van der Waals surface area contributed by atoms with Crippen LogP contribution in [-0.2, 0) is 17.6 Å². The molecule has 3 aromatic rings. The second kappa shape index (κ2) is 11.4. The van der Waals surface area contributed by atoms with Crippen LogP contribution in [0.1, 0.15) is 48.8 Å². The van der Waals surface area contributed by atoms with Crippen LogP contribution in [0.2, 0.25) is 0 Å². The van der Waals surface area contributed by atoms with Gasteiger partial charge < -0.3 is 9.80 Å². The number of benzene rings is 3. The molecule has 4 heteroatoms. The van der Waals surface area contributed by atoms with Gasteiger partial charge in [-0.25, -0.2) is 4.39 Å². The highest BCUT2D eigenvalue weighted by molar-refractivity contribution is 5.92. The zero-order valence-corrected chi connectivity index (χ0v) is 21.3. The molecular weight excluding hydrogens is 447 g/mol. The first-order valence-electron chi connectivity index (χ1n) is 13.5. The van der Waals surface area contributed by atoms with Crippen LogP contribution in [0.5, 0.6) is 0 Å². The fourth-order valence-corrected chi connectivity index (χ4v) is 6.12. The normalized spacial score (nSPS) is 22.4. The third kappa shape index (κ3) is 5.54. The molecule has 188 valence electrons. The van der Waals surface area contributed by atoms with Gasteiger partial charge in [-0.05, 0) is 86.6 Å². The Morgan fingerprint density at radius 2 is 1.47 bits per heavy atom. The van der Waals surface area contributed by atoms with E-state index in [0.717, 1.165) is 37.1 Å². The summed E-state index contributed by atoms with van der Waals surface area (Å²) in [4.78, 5) is 19.2. The van der Waals surface area contributed by atoms with Crippen molar-refractivity contribution in [3.63, 3.8) is 0 Å². The number of likely N-dealkylation sites (tertiary alicyclic amines) is 1. The monoisotopic (exact) mass is 484 g/mol. The number of hydrogen-bond donors (Lipinski definition) is 0. The molecule has 5 rings (SSSR count). The standard InChI is InChI=1S/C32H37FN2O/c1-24-31(23-25-10-3-2-4-11-25)35(21-9-20-34-18-7-8-19-34)30-13-6-5-12-28(30)29(32(24)36)22-26-14-16-27(33)17-15-26/h2-6,10-17,24,29,31H,7-9,18-23H2,1H3. The highest BCUT2D eigenvalue weighted by Crippen LogP contribution is 2.40. The lowest BCUT2D eigenvalue weighted by molar-refractivity contribution is -0.124. The number of para-hydroxylation sites is 1. The summed E-state index contributed by atoms with van der Waals surface area (Å²) in [5.74, 6) is -0.306. The van der Waals surface area contributed by atoms with Crippen molar-refractivity contribution in [1.29, 1.82) is 0 Å². The smallest absolute Gasteiger partial charge is 0.145 e. The van der Waals surface area contributed by atoms with E-state index in [0.29, 0.717) is 6.42 Å². The van der Waals surface area contributed by atoms with Crippen molar-refractivity contribution < 1.29 is 9.18 Å². The van der Waals surface area contributed by atoms with Crippen LogP contribution in [-0.4, -0.2) is 42.9 Å². The number of nitrogens with zero attached hydrogens (tertiary/aromatic N) is 2. The number of ketones is 1. The Kier molecular flexibility index (Phi) is 7.81. The average molecular weight is 485 g/mol. The summed E-state index contributed by atoms with van der Waals surface area (Å²) in [7, 11) is 0. The Morgan fingerprint density at radius 1 is 0.806 bits per heavy atom. The topological polar surface area (TPSA) is 23.6 Å². The van der Waals surface area contributed by atoms with E-state index < -0.39 is 0 Å². The maximum Gasteiger partial charge on any atom is 0.145 e. The molecule has 1 saturated heterocycles. The van der Waals surface area contributed by atoms with Crippen molar-refractivity contribution in [3.8, 4) is 0 Å². The third-order valence-electron chi connectivity index (χ3n) is 8.10. The average Bonchev–Trinajstić information content (AvgIpc) is 3.41. The molecule has 0 amide bonds. The molecule has 0 N–H and O–H groups in total. The van der Waals surface area contributed by atoms with Gasteiger partial charge in [0.1, 0.15) is 11.6 Å². The number of fused-ring (bicyclic) bond motifs is 1. The van der Waals surface area contributed by atoms with E-state index in [2.05, 4.69) is 59.2 Å². The van der Waals surface area contributed by atoms with Gasteiger partial charge in [0.25, 0.3) is 0 Å². The van der Waals surface area contributed by atoms with Crippen LogP contribution in [0.25, 0.3) is 0 Å². The minimum Gasteiger partial charge on any atom is -0.367 e. The lowest BCUT2D eigenvalue weighted by Gasteiger charge is -2.36. The van der Waals surface area contributed by atoms with Gasteiger partial charge in [-0.15, -0.1) is 0 Å². The Hall–Kier alpha value is -2.98. The molecule has 3 unspecified atom stereocenters. The molecule has 0 radical (unpaired) electrons. The van der Waals surface area contributed by atoms with Gasteiger partial charge >= 0.3 is 0 Å². The lowest BCUT2D eigenvalue weighted by Crippen LogP contribution is -2.44. The Balaban J connectivity index is 1.49. The van der Waals surface area contributed by atoms with E-state index in [1.54, 1.807) is 0 Å². The first kappa shape index (κ1) is 24.7. The highest BCUT2D eigenvalue weighted by Gasteiger charge is 2.39. The number of anilines is 1. The summed E-state index contributed by atoms with van der Waals surface area (Å²) in [6.45, 7) is 6.58. The van der Waals surface area contributed by atoms with E-state index in [-0.39, 0.29) is 29.5 Å². The molecule has 1 fully saturated rings. The SMILES string of the molecule is CC1C(=O)C(Cc2ccc(F)cc2)c2ccccc2N(CCCN2CCCC2)C1Cc1ccccc1. The molecule has 2 aliphatic rings. The van der Waals surface area contributed by atoms with Gasteiger partial charge in [0.05, 0.1) is 0 Å². The summed E-state index contributed by atoms with van der Waals surface area (Å²) in [6, 6.07) is 25.8. The van der Waals surface area contributed by atoms with E-state index in [4.69, 9.17) is 0 Å². The van der Waals surface area contributed by atoms with Gasteiger partial charge in [-0.1, -0.05) is 67.6 Å². The summed E-state index contributed by atoms with van der Waals surface area (Å²) < 4.78 is 13.6. The van der Waals surface area contributed by atoms with E-state index in [9.17, 15) is 9.18 Å². The van der Waals surface area contributed by atoms with Crippen LogP contribution >= 0.6 is 0 Å². The van der Waals surface area contributed by atoms with Crippen LogP contribution in [0.3, 0.4) is 0 Å². The van der Waals surface area contributed by atoms with E-state index in [1.807, 2.05) is 24.3 Å². The van der Waals surface area contributed by atoms with Crippen LogP contribution < -0.4 is 4.90 Å². The molecule has 0 spiro atoms. The van der Waals surface area contributed by atoms with Crippen LogP contribution in [0, 0.1) is 11.7 Å². The predicted molar refractivity (Wildman–Crippen MR) is 145 cm³/mol. The maximum atomic E-state index is 14.1. The van der Waals surface area contributed by atoms with Crippen molar-refractivity contribution in [2.75, 3.05) is 31.1 Å². The quantitative estimate of drug-likeness (QED) is 0.376. The van der Waals surface area contributed by atoms with Crippen molar-refractivity contribution in [2.45, 2.75) is 51.0 Å². The minimum atomic E-state index is -0.244. The van der Waals surface area contributed by atoms with Gasteiger partial charge in [-0.2, -0.15) is 0 Å². The summed E-state index contributed by atoms with van der Waals surface area (Å²) >= 11 is 0. The van der Waals surface area contributed by atoms with Gasteiger partial charge in [0, 0.05) is 30.1 Å². The number of Topliss-reactive ketones (excluding diaryl/α,β-unsaturated/α-hetero) is 1. The molecular formula is C32H37FN2O. The molecule has 2 aliphatic heterocycles. The van der Waals surface area contributed by atoms with Crippen molar-refractivity contribution in [1.82, 2.24) is 4.90 Å². The van der Waals surface area contributed by atoms with E-state index >= 15 is 0 Å². The molecule has 0 aromatic heterocycles. The van der Waals surface area contributed by atoms with Crippen LogP contribution in [0.15, 0.2) is 78.9 Å². The van der Waals surface area contributed by atoms with Crippen molar-refractivity contribution in [2.24, 2.45) is 5.92 Å². The highest BCUT2D eigenvalue weighted by atomic mass is 19.1. The number of carbonyl (C=O) groups excluding carboxylic acids is 1. The second-order valence-electron chi connectivity index (χ2n) is 10.5. The Bertz CT molecular complexity index is 1140. The Labute approximate surface area is 214 Å². The summed E-state index contributed by atoms with van der Waals surface area (Å²) in [6.07, 6.45) is 5.14. The number of halogens is 1. The summed E-state index contributed by atoms with van der Waals surface area (Å²) in [5.41, 5.74) is 4.56. The number of rotatable bonds is 8. The van der Waals surface area contributed by atoms with Gasteiger partial charge in [0.15, 0.2) is 0 Å². The zero-order chi connectivity index (χ0) is 24.9. The first-order valence-corrected chi connectivity index (χ1v) is 13.5. The molecule has 2 heterocycles. The Morgan fingerprint density at radius 3 is 2.22 bits per heavy atom. The molecule has 0 aliphatic carbocycles. The molecule has 0 saturated carbocycles. The maximum absolute atomic E-state index is 14.1. The second-order valence-corrected chi connectivity index (χ2v) is 10.5. The predicted octanol–water partition coefficient (Wildman–Crippen LogP) is 6.27. The molecule has 0 bridgehead atoms. The van der Waals surface area contributed by atoms with Crippen molar-refractivity contribution >= 4 is 11.5 Å². The molecule has 3 aromatic carbocycles. The fraction of sp³-hybridized carbons (Fsp3) is 0.406. The first-order chi connectivity index (χ1) is 17.6.